The summed E-state index contributed by atoms with van der Waals surface area (Å²) in [6.45, 7) is 4.31. The van der Waals surface area contributed by atoms with Crippen LogP contribution in [0.5, 0.6) is 11.6 Å². The predicted octanol–water partition coefficient (Wildman–Crippen LogP) is 2.11. The van der Waals surface area contributed by atoms with E-state index in [1.54, 1.807) is 13.2 Å². The number of nitrogen functional groups attached to an aromatic ring is 1. The molecule has 6 nitrogen and oxygen atoms in total. The van der Waals surface area contributed by atoms with Gasteiger partial charge >= 0.3 is 0 Å². The Kier molecular flexibility index (Phi) is 4.46. The smallest absolute Gasteiger partial charge is 0.253 e. The van der Waals surface area contributed by atoms with Crippen molar-refractivity contribution in [3.05, 3.63) is 48.0 Å². The lowest BCUT2D eigenvalue weighted by molar-refractivity contribution is 0.288. The number of allylic oxidation sites excluding steroid dienone is 1. The first-order chi connectivity index (χ1) is 10.2. The van der Waals surface area contributed by atoms with Crippen LogP contribution in [0.1, 0.15) is 11.1 Å². The molecule has 21 heavy (non-hydrogen) atoms. The second kappa shape index (κ2) is 6.48. The van der Waals surface area contributed by atoms with E-state index in [0.717, 1.165) is 11.3 Å². The van der Waals surface area contributed by atoms with E-state index in [2.05, 4.69) is 11.7 Å². The highest BCUT2D eigenvalue weighted by Gasteiger charge is 2.16. The van der Waals surface area contributed by atoms with Crippen LogP contribution >= 0.6 is 0 Å². The average molecular weight is 284 g/mol. The first-order valence-corrected chi connectivity index (χ1v) is 6.32. The molecule has 6 heteroatoms. The van der Waals surface area contributed by atoms with Crippen molar-refractivity contribution in [2.75, 3.05) is 12.8 Å². The summed E-state index contributed by atoms with van der Waals surface area (Å²) >= 11 is 0. The number of rotatable bonds is 6. The van der Waals surface area contributed by atoms with Crippen LogP contribution in [0.2, 0.25) is 0 Å². The van der Waals surface area contributed by atoms with Crippen molar-refractivity contribution >= 4 is 5.82 Å². The SMILES string of the molecule is C=CCn1nc(OCc2cccc(OC)c2)c(C#N)c1N. The van der Waals surface area contributed by atoms with Gasteiger partial charge in [0.15, 0.2) is 5.56 Å². The lowest BCUT2D eigenvalue weighted by atomic mass is 10.2. The molecule has 2 aromatic rings. The zero-order valence-corrected chi connectivity index (χ0v) is 11.7. The molecule has 108 valence electrons. The quantitative estimate of drug-likeness (QED) is 0.821. The van der Waals surface area contributed by atoms with Gasteiger partial charge in [0.2, 0.25) is 0 Å². The fourth-order valence-corrected chi connectivity index (χ4v) is 1.83. The minimum absolute atomic E-state index is 0.222. The molecule has 1 heterocycles. The summed E-state index contributed by atoms with van der Waals surface area (Å²) < 4.78 is 12.2. The summed E-state index contributed by atoms with van der Waals surface area (Å²) in [7, 11) is 1.60. The molecule has 2 rings (SSSR count). The Hall–Kier alpha value is -2.94. The highest BCUT2D eigenvalue weighted by atomic mass is 16.5. The third kappa shape index (κ3) is 3.15. The summed E-state index contributed by atoms with van der Waals surface area (Å²) in [6, 6.07) is 9.48. The number of aromatic nitrogens is 2. The summed E-state index contributed by atoms with van der Waals surface area (Å²) in [5.41, 5.74) is 6.99. The molecule has 0 aliphatic rings. The van der Waals surface area contributed by atoms with Crippen molar-refractivity contribution in [3.8, 4) is 17.7 Å². The van der Waals surface area contributed by atoms with E-state index >= 15 is 0 Å². The fraction of sp³-hybridized carbons (Fsp3) is 0.200. The van der Waals surface area contributed by atoms with Crippen LogP contribution in [0.3, 0.4) is 0 Å². The molecular formula is C15H16N4O2. The molecule has 0 spiro atoms. The molecule has 0 atom stereocenters. The number of ether oxygens (including phenoxy) is 2. The number of nitrogens with zero attached hydrogens (tertiary/aromatic N) is 3. The molecular weight excluding hydrogens is 268 g/mol. The average Bonchev–Trinajstić information content (AvgIpc) is 2.81. The lowest BCUT2D eigenvalue weighted by Gasteiger charge is -2.05. The second-order valence-electron chi connectivity index (χ2n) is 4.29. The van der Waals surface area contributed by atoms with Crippen LogP contribution in [0, 0.1) is 11.3 Å². The van der Waals surface area contributed by atoms with Crippen LogP contribution in [-0.4, -0.2) is 16.9 Å². The van der Waals surface area contributed by atoms with Gasteiger partial charge in [-0.25, -0.2) is 4.68 Å². The van der Waals surface area contributed by atoms with Crippen LogP contribution in [0.25, 0.3) is 0 Å². The molecule has 0 aliphatic carbocycles. The maximum absolute atomic E-state index is 9.15. The molecule has 2 N–H and O–H groups in total. The Morgan fingerprint density at radius 1 is 1.52 bits per heavy atom. The fourth-order valence-electron chi connectivity index (χ4n) is 1.83. The van der Waals surface area contributed by atoms with E-state index < -0.39 is 0 Å². The molecule has 0 saturated carbocycles. The van der Waals surface area contributed by atoms with Gasteiger partial charge in [-0.05, 0) is 17.7 Å². The van der Waals surface area contributed by atoms with E-state index in [1.165, 1.54) is 4.68 Å². The van der Waals surface area contributed by atoms with Crippen molar-refractivity contribution in [1.29, 1.82) is 5.26 Å². The van der Waals surface area contributed by atoms with Crippen LogP contribution < -0.4 is 15.2 Å². The number of methoxy groups -OCH3 is 1. The third-order valence-corrected chi connectivity index (χ3v) is 2.88. The Morgan fingerprint density at radius 3 is 3.00 bits per heavy atom. The monoisotopic (exact) mass is 284 g/mol. The summed E-state index contributed by atoms with van der Waals surface area (Å²) in [5.74, 6) is 1.24. The molecule has 0 unspecified atom stereocenters. The van der Waals surface area contributed by atoms with Gasteiger partial charge in [-0.15, -0.1) is 11.7 Å². The van der Waals surface area contributed by atoms with E-state index in [1.807, 2.05) is 30.3 Å². The van der Waals surface area contributed by atoms with Crippen molar-refractivity contribution in [2.24, 2.45) is 0 Å². The van der Waals surface area contributed by atoms with Gasteiger partial charge < -0.3 is 15.2 Å². The molecule has 1 aromatic carbocycles. The molecule has 0 aliphatic heterocycles. The number of nitriles is 1. The van der Waals surface area contributed by atoms with Crippen molar-refractivity contribution < 1.29 is 9.47 Å². The zero-order chi connectivity index (χ0) is 15.2. The van der Waals surface area contributed by atoms with Gasteiger partial charge in [-0.1, -0.05) is 18.2 Å². The maximum Gasteiger partial charge on any atom is 0.253 e. The molecule has 1 aromatic heterocycles. The third-order valence-electron chi connectivity index (χ3n) is 2.88. The minimum atomic E-state index is 0.222. The number of anilines is 1. The summed E-state index contributed by atoms with van der Waals surface area (Å²) in [6.07, 6.45) is 1.65. The van der Waals surface area contributed by atoms with Crippen LogP contribution in [-0.2, 0) is 13.2 Å². The summed E-state index contributed by atoms with van der Waals surface area (Å²) in [5, 5.41) is 13.3. The number of hydrogen-bond acceptors (Lipinski definition) is 5. The normalized spacial score (nSPS) is 9.90. The predicted molar refractivity (Wildman–Crippen MR) is 78.9 cm³/mol. The maximum atomic E-state index is 9.15. The lowest BCUT2D eigenvalue weighted by Crippen LogP contribution is -2.03. The van der Waals surface area contributed by atoms with Crippen molar-refractivity contribution in [2.45, 2.75) is 13.2 Å². The molecule has 0 bridgehead atoms. The van der Waals surface area contributed by atoms with Gasteiger partial charge in [0.1, 0.15) is 24.2 Å². The Morgan fingerprint density at radius 2 is 2.33 bits per heavy atom. The van der Waals surface area contributed by atoms with Crippen LogP contribution in [0.4, 0.5) is 5.82 Å². The highest BCUT2D eigenvalue weighted by molar-refractivity contribution is 5.55. The van der Waals surface area contributed by atoms with Crippen molar-refractivity contribution in [3.63, 3.8) is 0 Å². The van der Waals surface area contributed by atoms with Gasteiger partial charge in [-0.3, -0.25) is 0 Å². The number of nitrogens with two attached hydrogens (primary N) is 1. The number of hydrogen-bond donors (Lipinski definition) is 1. The van der Waals surface area contributed by atoms with E-state index in [0.29, 0.717) is 6.54 Å². The summed E-state index contributed by atoms with van der Waals surface area (Å²) in [4.78, 5) is 0. The highest BCUT2D eigenvalue weighted by Crippen LogP contribution is 2.24. The van der Waals surface area contributed by atoms with E-state index in [9.17, 15) is 0 Å². The van der Waals surface area contributed by atoms with Gasteiger partial charge in [0.05, 0.1) is 13.7 Å². The van der Waals surface area contributed by atoms with Gasteiger partial charge in [-0.2, -0.15) is 5.26 Å². The van der Waals surface area contributed by atoms with E-state index in [4.69, 9.17) is 20.5 Å². The van der Waals surface area contributed by atoms with Gasteiger partial charge in [0, 0.05) is 0 Å². The standard InChI is InChI=1S/C15H16N4O2/c1-3-7-19-14(17)13(9-16)15(18-19)21-10-11-5-4-6-12(8-11)20-2/h3-6,8H,1,7,10,17H2,2H3. The molecule has 0 amide bonds. The largest absolute Gasteiger partial charge is 0.497 e. The Balaban J connectivity index is 2.17. The second-order valence-corrected chi connectivity index (χ2v) is 4.29. The zero-order valence-electron chi connectivity index (χ0n) is 11.7. The first kappa shape index (κ1) is 14.5. The Labute approximate surface area is 123 Å². The molecule has 0 radical (unpaired) electrons. The molecule has 0 fully saturated rings. The first-order valence-electron chi connectivity index (χ1n) is 6.32. The van der Waals surface area contributed by atoms with Crippen LogP contribution in [0.15, 0.2) is 36.9 Å². The molecule has 0 saturated heterocycles. The van der Waals surface area contributed by atoms with Gasteiger partial charge in [0.25, 0.3) is 5.88 Å². The number of benzene rings is 1. The van der Waals surface area contributed by atoms with E-state index in [-0.39, 0.29) is 23.9 Å². The topological polar surface area (TPSA) is 86.1 Å². The van der Waals surface area contributed by atoms with Crippen molar-refractivity contribution in [1.82, 2.24) is 9.78 Å². The Bertz CT molecular complexity index is 685. The minimum Gasteiger partial charge on any atom is -0.497 e.